The number of nitrogens with zero attached hydrogens (tertiary/aromatic N) is 2. The number of carbonyl (C=O) groups is 1. The molecule has 0 saturated carbocycles. The van der Waals surface area contributed by atoms with Crippen LogP contribution in [0.4, 0.5) is 11.5 Å². The number of amides is 1. The number of para-hydroxylation sites is 3. The molecule has 0 radical (unpaired) electrons. The first-order chi connectivity index (χ1) is 14.3. The Kier molecular flexibility index (Phi) is 5.48. The first kappa shape index (κ1) is 18.2. The van der Waals surface area contributed by atoms with Gasteiger partial charge < -0.3 is 19.8 Å². The molecule has 2 N–H and O–H groups in total. The third-order valence-corrected chi connectivity index (χ3v) is 4.03. The molecule has 4 aromatic rings. The van der Waals surface area contributed by atoms with Gasteiger partial charge in [-0.25, -0.2) is 9.97 Å². The first-order valence-electron chi connectivity index (χ1n) is 8.99. The molecule has 7 heteroatoms. The minimum Gasteiger partial charge on any atom is -0.467 e. The maximum atomic E-state index is 12.7. The molecule has 2 heterocycles. The number of hydrogen-bond acceptors (Lipinski definition) is 6. The zero-order valence-corrected chi connectivity index (χ0v) is 15.4. The molecule has 0 saturated heterocycles. The molecule has 2 aromatic heterocycles. The summed E-state index contributed by atoms with van der Waals surface area (Å²) in [6.45, 7) is 0.457. The van der Waals surface area contributed by atoms with E-state index in [1.807, 2.05) is 54.6 Å². The van der Waals surface area contributed by atoms with E-state index in [0.29, 0.717) is 29.5 Å². The number of aromatic nitrogens is 2. The molecular weight excluding hydrogens is 368 g/mol. The average molecular weight is 386 g/mol. The molecule has 2 aromatic carbocycles. The molecule has 1 amide bonds. The predicted molar refractivity (Wildman–Crippen MR) is 109 cm³/mol. The first-order valence-corrected chi connectivity index (χ1v) is 8.99. The molecule has 7 nitrogen and oxygen atoms in total. The Labute approximate surface area is 167 Å². The van der Waals surface area contributed by atoms with Crippen LogP contribution in [0.25, 0.3) is 0 Å². The van der Waals surface area contributed by atoms with E-state index in [1.54, 1.807) is 24.5 Å². The number of benzene rings is 2. The number of ether oxygens (including phenoxy) is 1. The highest BCUT2D eigenvalue weighted by Gasteiger charge is 2.13. The van der Waals surface area contributed by atoms with E-state index < -0.39 is 0 Å². The van der Waals surface area contributed by atoms with Gasteiger partial charge in [-0.3, -0.25) is 4.79 Å². The molecule has 144 valence electrons. The van der Waals surface area contributed by atoms with Gasteiger partial charge in [-0.2, -0.15) is 0 Å². The number of furan rings is 1. The van der Waals surface area contributed by atoms with Crippen molar-refractivity contribution in [1.82, 2.24) is 9.97 Å². The molecule has 0 unspecified atom stereocenters. The van der Waals surface area contributed by atoms with Crippen LogP contribution in [-0.4, -0.2) is 15.9 Å². The molecular formula is C22H18N4O3. The Morgan fingerprint density at radius 1 is 0.966 bits per heavy atom. The van der Waals surface area contributed by atoms with Crippen LogP contribution in [0.5, 0.6) is 11.5 Å². The summed E-state index contributed by atoms with van der Waals surface area (Å²) in [5.41, 5.74) is 0.779. The Hall–Kier alpha value is -4.13. The Morgan fingerprint density at radius 2 is 1.79 bits per heavy atom. The standard InChI is InChI=1S/C22H18N4O3/c27-22(19-13-21(25-15-24-19)23-14-17-9-6-12-28-17)26-18-10-4-5-11-20(18)29-16-7-2-1-3-8-16/h1-13,15H,14H2,(H,26,27)(H,23,24,25). The van der Waals surface area contributed by atoms with E-state index in [1.165, 1.54) is 6.33 Å². The van der Waals surface area contributed by atoms with Crippen LogP contribution < -0.4 is 15.4 Å². The van der Waals surface area contributed by atoms with Crippen molar-refractivity contribution in [3.8, 4) is 11.5 Å². The van der Waals surface area contributed by atoms with E-state index >= 15 is 0 Å². The van der Waals surface area contributed by atoms with Crippen molar-refractivity contribution in [2.24, 2.45) is 0 Å². The summed E-state index contributed by atoms with van der Waals surface area (Å²) in [6.07, 6.45) is 2.94. The fourth-order valence-electron chi connectivity index (χ4n) is 2.63. The maximum absolute atomic E-state index is 12.7. The van der Waals surface area contributed by atoms with Gasteiger partial charge in [0.05, 0.1) is 18.5 Å². The number of carbonyl (C=O) groups excluding carboxylic acids is 1. The van der Waals surface area contributed by atoms with Gasteiger partial charge in [-0.05, 0) is 36.4 Å². The van der Waals surface area contributed by atoms with Crippen molar-refractivity contribution in [1.29, 1.82) is 0 Å². The minimum atomic E-state index is -0.363. The number of rotatable bonds is 7. The van der Waals surface area contributed by atoms with Crippen molar-refractivity contribution in [3.63, 3.8) is 0 Å². The smallest absolute Gasteiger partial charge is 0.274 e. The van der Waals surface area contributed by atoms with Gasteiger partial charge in [0.15, 0.2) is 5.75 Å². The third-order valence-electron chi connectivity index (χ3n) is 4.03. The van der Waals surface area contributed by atoms with Crippen LogP contribution in [-0.2, 0) is 6.54 Å². The Bertz CT molecular complexity index is 1080. The fraction of sp³-hybridized carbons (Fsp3) is 0.0455. The quantitative estimate of drug-likeness (QED) is 0.477. The van der Waals surface area contributed by atoms with E-state index in [4.69, 9.17) is 9.15 Å². The topological polar surface area (TPSA) is 89.3 Å². The highest BCUT2D eigenvalue weighted by atomic mass is 16.5. The highest BCUT2D eigenvalue weighted by molar-refractivity contribution is 6.04. The second-order valence-electron chi connectivity index (χ2n) is 6.09. The summed E-state index contributed by atoms with van der Waals surface area (Å²) in [6, 6.07) is 21.8. The van der Waals surface area contributed by atoms with Crippen LogP contribution in [0.3, 0.4) is 0 Å². The molecule has 0 fully saturated rings. The summed E-state index contributed by atoms with van der Waals surface area (Å²) >= 11 is 0. The minimum absolute atomic E-state index is 0.233. The van der Waals surface area contributed by atoms with Gasteiger partial charge in [0.2, 0.25) is 0 Å². The van der Waals surface area contributed by atoms with Crippen molar-refractivity contribution < 1.29 is 13.9 Å². The second-order valence-corrected chi connectivity index (χ2v) is 6.09. The lowest BCUT2D eigenvalue weighted by molar-refractivity contribution is 0.102. The van der Waals surface area contributed by atoms with Crippen molar-refractivity contribution >= 4 is 17.4 Å². The van der Waals surface area contributed by atoms with Crippen LogP contribution in [0, 0.1) is 0 Å². The average Bonchev–Trinajstić information content (AvgIpc) is 3.28. The second kappa shape index (κ2) is 8.71. The predicted octanol–water partition coefficient (Wildman–Crippen LogP) is 4.73. The lowest BCUT2D eigenvalue weighted by atomic mass is 10.2. The molecule has 4 rings (SSSR count). The van der Waals surface area contributed by atoms with Crippen molar-refractivity contribution in [2.75, 3.05) is 10.6 Å². The highest BCUT2D eigenvalue weighted by Crippen LogP contribution is 2.29. The zero-order valence-electron chi connectivity index (χ0n) is 15.4. The molecule has 0 aliphatic rings. The van der Waals surface area contributed by atoms with Gasteiger partial charge >= 0.3 is 0 Å². The molecule has 0 spiro atoms. The normalized spacial score (nSPS) is 10.3. The van der Waals surface area contributed by atoms with E-state index in [0.717, 1.165) is 5.76 Å². The van der Waals surface area contributed by atoms with Crippen LogP contribution in [0.15, 0.2) is 89.8 Å². The van der Waals surface area contributed by atoms with Gasteiger partial charge in [-0.15, -0.1) is 0 Å². The molecule has 0 aliphatic carbocycles. The maximum Gasteiger partial charge on any atom is 0.274 e. The van der Waals surface area contributed by atoms with E-state index in [-0.39, 0.29) is 11.6 Å². The zero-order chi connectivity index (χ0) is 19.9. The summed E-state index contributed by atoms with van der Waals surface area (Å²) in [4.78, 5) is 20.9. The van der Waals surface area contributed by atoms with E-state index in [2.05, 4.69) is 20.6 Å². The Morgan fingerprint density at radius 3 is 2.62 bits per heavy atom. The summed E-state index contributed by atoms with van der Waals surface area (Å²) in [5, 5.41) is 5.94. The third kappa shape index (κ3) is 4.78. The van der Waals surface area contributed by atoms with Gasteiger partial charge in [0, 0.05) is 6.07 Å². The summed E-state index contributed by atoms with van der Waals surface area (Å²) < 4.78 is 11.2. The fourth-order valence-corrected chi connectivity index (χ4v) is 2.63. The van der Waals surface area contributed by atoms with Gasteiger partial charge in [0.1, 0.15) is 29.3 Å². The molecule has 0 bridgehead atoms. The Balaban J connectivity index is 1.46. The van der Waals surface area contributed by atoms with Crippen LogP contribution in [0.2, 0.25) is 0 Å². The van der Waals surface area contributed by atoms with Crippen LogP contribution >= 0.6 is 0 Å². The lowest BCUT2D eigenvalue weighted by Gasteiger charge is -2.12. The van der Waals surface area contributed by atoms with E-state index in [9.17, 15) is 4.79 Å². The molecule has 0 atom stereocenters. The number of nitrogens with one attached hydrogen (secondary N) is 2. The number of hydrogen-bond donors (Lipinski definition) is 2. The van der Waals surface area contributed by atoms with Crippen molar-refractivity contribution in [3.05, 3.63) is 96.8 Å². The van der Waals surface area contributed by atoms with Crippen molar-refractivity contribution in [2.45, 2.75) is 6.54 Å². The largest absolute Gasteiger partial charge is 0.467 e. The lowest BCUT2D eigenvalue weighted by Crippen LogP contribution is -2.15. The summed E-state index contributed by atoms with van der Waals surface area (Å²) in [7, 11) is 0. The van der Waals surface area contributed by atoms with Gasteiger partial charge in [-0.1, -0.05) is 30.3 Å². The van der Waals surface area contributed by atoms with Gasteiger partial charge in [0.25, 0.3) is 5.91 Å². The molecule has 0 aliphatic heterocycles. The SMILES string of the molecule is O=C(Nc1ccccc1Oc1ccccc1)c1cc(NCc2ccco2)ncn1. The summed E-state index contributed by atoms with van der Waals surface area (Å²) in [5.74, 6) is 2.15. The van der Waals surface area contributed by atoms with Crippen LogP contribution in [0.1, 0.15) is 16.2 Å². The molecule has 29 heavy (non-hydrogen) atoms. The monoisotopic (exact) mass is 386 g/mol. The number of anilines is 2.